The Morgan fingerprint density at radius 1 is 1.15 bits per heavy atom. The van der Waals surface area contributed by atoms with Crippen LogP contribution in [0.2, 0.25) is 0 Å². The van der Waals surface area contributed by atoms with Crippen LogP contribution in [0.3, 0.4) is 0 Å². The van der Waals surface area contributed by atoms with Gasteiger partial charge in [-0.3, -0.25) is 4.98 Å². The van der Waals surface area contributed by atoms with E-state index in [2.05, 4.69) is 16.8 Å². The van der Waals surface area contributed by atoms with E-state index in [-0.39, 0.29) is 0 Å². The third-order valence-corrected chi connectivity index (χ3v) is 1.91. The molecular weight excluding hydrogens is 158 g/mol. The van der Waals surface area contributed by atoms with E-state index in [0.29, 0.717) is 0 Å². The predicted octanol–water partition coefficient (Wildman–Crippen LogP) is 2.61. The fourth-order valence-electron chi connectivity index (χ4n) is 1.34. The summed E-state index contributed by atoms with van der Waals surface area (Å²) in [5.74, 6) is 5.96. The van der Waals surface area contributed by atoms with Gasteiger partial charge < -0.3 is 0 Å². The number of rotatable bonds is 0. The molecule has 1 heterocycles. The summed E-state index contributed by atoms with van der Waals surface area (Å²) >= 11 is 0. The van der Waals surface area contributed by atoms with Gasteiger partial charge >= 0.3 is 0 Å². The molecule has 0 unspecified atom stereocenters. The van der Waals surface area contributed by atoms with E-state index in [4.69, 9.17) is 0 Å². The standard InChI is InChI=1S/C12H9N/c1-2-5-10-8-9-13-12-7-4-3-6-11(10)12/h3-4,6-9H,1H3. The molecule has 0 fully saturated rings. The topological polar surface area (TPSA) is 12.9 Å². The summed E-state index contributed by atoms with van der Waals surface area (Å²) in [6.07, 6.45) is 1.79. The molecule has 0 saturated heterocycles. The van der Waals surface area contributed by atoms with E-state index in [0.717, 1.165) is 16.5 Å². The van der Waals surface area contributed by atoms with Gasteiger partial charge in [-0.25, -0.2) is 0 Å². The van der Waals surface area contributed by atoms with E-state index < -0.39 is 0 Å². The van der Waals surface area contributed by atoms with E-state index in [1.807, 2.05) is 37.3 Å². The molecule has 0 amide bonds. The fourth-order valence-corrected chi connectivity index (χ4v) is 1.34. The zero-order valence-electron chi connectivity index (χ0n) is 7.41. The number of nitrogens with zero attached hydrogens (tertiary/aromatic N) is 1. The van der Waals surface area contributed by atoms with Crippen molar-refractivity contribution in [2.24, 2.45) is 0 Å². The van der Waals surface area contributed by atoms with E-state index in [9.17, 15) is 0 Å². The minimum atomic E-state index is 1.00. The Morgan fingerprint density at radius 2 is 2.00 bits per heavy atom. The van der Waals surface area contributed by atoms with Gasteiger partial charge in [-0.15, -0.1) is 5.92 Å². The Morgan fingerprint density at radius 3 is 2.85 bits per heavy atom. The first-order valence-corrected chi connectivity index (χ1v) is 4.18. The van der Waals surface area contributed by atoms with Crippen molar-refractivity contribution in [1.82, 2.24) is 4.98 Å². The lowest BCUT2D eigenvalue weighted by Gasteiger charge is -1.97. The monoisotopic (exact) mass is 167 g/mol. The van der Waals surface area contributed by atoms with Crippen LogP contribution in [0.4, 0.5) is 0 Å². The third kappa shape index (κ3) is 1.39. The molecule has 2 aromatic rings. The molecule has 0 spiro atoms. The highest BCUT2D eigenvalue weighted by Crippen LogP contribution is 2.14. The number of pyridine rings is 1. The molecule has 0 atom stereocenters. The Balaban J connectivity index is 2.80. The number of benzene rings is 1. The quantitative estimate of drug-likeness (QED) is 0.549. The van der Waals surface area contributed by atoms with Crippen molar-refractivity contribution in [3.8, 4) is 11.8 Å². The van der Waals surface area contributed by atoms with Crippen LogP contribution < -0.4 is 0 Å². The lowest BCUT2D eigenvalue weighted by Crippen LogP contribution is -1.81. The van der Waals surface area contributed by atoms with Crippen molar-refractivity contribution < 1.29 is 0 Å². The van der Waals surface area contributed by atoms with Crippen LogP contribution in [0.5, 0.6) is 0 Å². The van der Waals surface area contributed by atoms with Crippen molar-refractivity contribution in [2.45, 2.75) is 6.92 Å². The summed E-state index contributed by atoms with van der Waals surface area (Å²) in [6, 6.07) is 9.97. The first-order chi connectivity index (χ1) is 6.42. The van der Waals surface area contributed by atoms with Crippen molar-refractivity contribution in [2.75, 3.05) is 0 Å². The van der Waals surface area contributed by atoms with Gasteiger partial charge in [0.2, 0.25) is 0 Å². The maximum Gasteiger partial charge on any atom is 0.0714 e. The van der Waals surface area contributed by atoms with Crippen molar-refractivity contribution in [3.05, 3.63) is 42.1 Å². The lowest BCUT2D eigenvalue weighted by atomic mass is 10.1. The van der Waals surface area contributed by atoms with Crippen LogP contribution in [0.15, 0.2) is 36.5 Å². The van der Waals surface area contributed by atoms with Crippen LogP contribution >= 0.6 is 0 Å². The first kappa shape index (κ1) is 7.82. The SMILES string of the molecule is CC#Cc1ccnc2ccccc12. The van der Waals surface area contributed by atoms with Gasteiger partial charge in [0.1, 0.15) is 0 Å². The molecule has 2 rings (SSSR count). The van der Waals surface area contributed by atoms with Gasteiger partial charge in [-0.2, -0.15) is 0 Å². The molecule has 0 bridgehead atoms. The van der Waals surface area contributed by atoms with Gasteiger partial charge in [0, 0.05) is 17.1 Å². The third-order valence-electron chi connectivity index (χ3n) is 1.91. The van der Waals surface area contributed by atoms with Crippen LogP contribution in [0.25, 0.3) is 10.9 Å². The van der Waals surface area contributed by atoms with E-state index in [1.54, 1.807) is 6.20 Å². The number of fused-ring (bicyclic) bond motifs is 1. The molecule has 1 aromatic carbocycles. The number of hydrogen-bond acceptors (Lipinski definition) is 1. The highest BCUT2D eigenvalue weighted by atomic mass is 14.6. The van der Waals surface area contributed by atoms with Crippen molar-refractivity contribution in [1.29, 1.82) is 0 Å². The smallest absolute Gasteiger partial charge is 0.0714 e. The molecule has 0 aliphatic rings. The summed E-state index contributed by atoms with van der Waals surface area (Å²) < 4.78 is 0. The summed E-state index contributed by atoms with van der Waals surface area (Å²) in [4.78, 5) is 4.26. The molecule has 0 radical (unpaired) electrons. The molecule has 0 aliphatic heterocycles. The summed E-state index contributed by atoms with van der Waals surface area (Å²) in [7, 11) is 0. The summed E-state index contributed by atoms with van der Waals surface area (Å²) in [5, 5.41) is 1.12. The molecule has 62 valence electrons. The molecule has 0 saturated carbocycles. The molecule has 0 aliphatic carbocycles. The van der Waals surface area contributed by atoms with Gasteiger partial charge in [0.25, 0.3) is 0 Å². The second-order valence-electron chi connectivity index (χ2n) is 2.75. The van der Waals surface area contributed by atoms with E-state index >= 15 is 0 Å². The van der Waals surface area contributed by atoms with Crippen LogP contribution in [0, 0.1) is 11.8 Å². The number of para-hydroxylation sites is 1. The van der Waals surface area contributed by atoms with Crippen molar-refractivity contribution >= 4 is 10.9 Å². The van der Waals surface area contributed by atoms with E-state index in [1.165, 1.54) is 0 Å². The average Bonchev–Trinajstić information content (AvgIpc) is 2.19. The maximum atomic E-state index is 4.26. The predicted molar refractivity (Wildman–Crippen MR) is 54.3 cm³/mol. The summed E-state index contributed by atoms with van der Waals surface area (Å²) in [5.41, 5.74) is 2.05. The Bertz CT molecular complexity index is 484. The molecule has 0 N–H and O–H groups in total. The minimum absolute atomic E-state index is 1.00. The number of aromatic nitrogens is 1. The molecule has 13 heavy (non-hydrogen) atoms. The normalized spacial score (nSPS) is 9.31. The largest absolute Gasteiger partial charge is 0.256 e. The summed E-state index contributed by atoms with van der Waals surface area (Å²) in [6.45, 7) is 1.84. The van der Waals surface area contributed by atoms with Gasteiger partial charge in [0.05, 0.1) is 5.52 Å². The lowest BCUT2D eigenvalue weighted by molar-refractivity contribution is 1.40. The van der Waals surface area contributed by atoms with Gasteiger partial charge in [-0.05, 0) is 19.1 Å². The molecule has 1 heteroatoms. The second-order valence-corrected chi connectivity index (χ2v) is 2.75. The Kier molecular flexibility index (Phi) is 1.97. The highest BCUT2D eigenvalue weighted by Gasteiger charge is 1.96. The average molecular weight is 167 g/mol. The van der Waals surface area contributed by atoms with Crippen molar-refractivity contribution in [3.63, 3.8) is 0 Å². The Labute approximate surface area is 77.4 Å². The fraction of sp³-hybridized carbons (Fsp3) is 0.0833. The zero-order valence-corrected chi connectivity index (χ0v) is 7.41. The maximum absolute atomic E-state index is 4.26. The van der Waals surface area contributed by atoms with Crippen LogP contribution in [0.1, 0.15) is 12.5 Å². The molecular formula is C12H9N. The second kappa shape index (κ2) is 3.28. The molecule has 1 aromatic heterocycles. The van der Waals surface area contributed by atoms with Gasteiger partial charge in [-0.1, -0.05) is 24.1 Å². The van der Waals surface area contributed by atoms with Crippen LogP contribution in [-0.2, 0) is 0 Å². The Hall–Kier alpha value is -1.81. The zero-order chi connectivity index (χ0) is 9.10. The van der Waals surface area contributed by atoms with Gasteiger partial charge in [0.15, 0.2) is 0 Å². The highest BCUT2D eigenvalue weighted by molar-refractivity contribution is 5.84. The first-order valence-electron chi connectivity index (χ1n) is 4.18. The molecule has 1 nitrogen and oxygen atoms in total. The number of hydrogen-bond donors (Lipinski definition) is 0. The van der Waals surface area contributed by atoms with Crippen LogP contribution in [-0.4, -0.2) is 4.98 Å². The minimum Gasteiger partial charge on any atom is -0.256 e.